The number of fused-ring (bicyclic) bond motifs is 1. The maximum absolute atomic E-state index is 14.1. The molecule has 0 heterocycles. The van der Waals surface area contributed by atoms with Crippen molar-refractivity contribution in [2.75, 3.05) is 0 Å². The van der Waals surface area contributed by atoms with Crippen LogP contribution in [0.3, 0.4) is 0 Å². The Hall–Kier alpha value is -1.43. The second kappa shape index (κ2) is 11.1. The van der Waals surface area contributed by atoms with Crippen molar-refractivity contribution in [2.24, 2.45) is 29.6 Å². The summed E-state index contributed by atoms with van der Waals surface area (Å²) >= 11 is 0. The Kier molecular flexibility index (Phi) is 8.25. The number of hydrogen-bond acceptors (Lipinski definition) is 1. The smallest absolute Gasteiger partial charge is 0.144 e. The molecular weight excluding hydrogens is 400 g/mol. The first-order chi connectivity index (χ1) is 15.6. The van der Waals surface area contributed by atoms with Crippen LogP contribution in [0, 0.1) is 52.6 Å². The molecule has 0 N–H and O–H groups in total. The van der Waals surface area contributed by atoms with Crippen LogP contribution in [0.4, 0.5) is 8.78 Å². The molecule has 3 aliphatic rings. The average Bonchev–Trinajstić information content (AvgIpc) is 2.81. The highest BCUT2D eigenvalue weighted by atomic mass is 19.1. The van der Waals surface area contributed by atoms with E-state index in [2.05, 4.69) is 6.92 Å². The molecule has 3 saturated carbocycles. The maximum Gasteiger partial charge on any atom is 0.144 e. The van der Waals surface area contributed by atoms with E-state index in [4.69, 9.17) is 5.26 Å². The third kappa shape index (κ3) is 5.55. The Labute approximate surface area is 194 Å². The first kappa shape index (κ1) is 23.7. The van der Waals surface area contributed by atoms with Crippen molar-refractivity contribution in [3.63, 3.8) is 0 Å². The van der Waals surface area contributed by atoms with E-state index in [0.29, 0.717) is 5.92 Å². The van der Waals surface area contributed by atoms with E-state index in [1.807, 2.05) is 0 Å². The lowest BCUT2D eigenvalue weighted by Gasteiger charge is -2.45. The molecule has 176 valence electrons. The first-order valence-electron chi connectivity index (χ1n) is 13.5. The monoisotopic (exact) mass is 441 g/mol. The molecule has 4 unspecified atom stereocenters. The predicted octanol–water partition coefficient (Wildman–Crippen LogP) is 8.91. The second-order valence-electron chi connectivity index (χ2n) is 11.2. The highest BCUT2D eigenvalue weighted by Crippen LogP contribution is 2.51. The van der Waals surface area contributed by atoms with E-state index in [0.717, 1.165) is 42.1 Å². The van der Waals surface area contributed by atoms with Gasteiger partial charge < -0.3 is 0 Å². The van der Waals surface area contributed by atoms with Crippen molar-refractivity contribution in [3.8, 4) is 6.07 Å². The summed E-state index contributed by atoms with van der Waals surface area (Å²) in [5.74, 6) is 3.21. The van der Waals surface area contributed by atoms with E-state index in [1.165, 1.54) is 95.6 Å². The van der Waals surface area contributed by atoms with Gasteiger partial charge in [-0.05, 0) is 105 Å². The van der Waals surface area contributed by atoms with Crippen LogP contribution in [0.25, 0.3) is 0 Å². The lowest BCUT2D eigenvalue weighted by atomic mass is 9.60. The standard InChI is InChI=1S/C29H41F2N/c1-2-3-4-5-6-20-7-9-21(10-8-20)22-11-12-24-16-25(14-13-23(24)15-22)26-17-28(30)27(19-32)29(31)18-26/h17-18,20-25H,2-16H2,1H3. The molecule has 0 amide bonds. The van der Waals surface area contributed by atoms with Gasteiger partial charge >= 0.3 is 0 Å². The van der Waals surface area contributed by atoms with Crippen molar-refractivity contribution in [2.45, 2.75) is 109 Å². The first-order valence-corrected chi connectivity index (χ1v) is 13.5. The van der Waals surface area contributed by atoms with Gasteiger partial charge in [0.25, 0.3) is 0 Å². The van der Waals surface area contributed by atoms with Crippen LogP contribution in [-0.2, 0) is 0 Å². The minimum absolute atomic E-state index is 0.243. The van der Waals surface area contributed by atoms with Crippen molar-refractivity contribution in [1.29, 1.82) is 5.26 Å². The van der Waals surface area contributed by atoms with Gasteiger partial charge in [0, 0.05) is 0 Å². The minimum Gasteiger partial charge on any atom is -0.205 e. The van der Waals surface area contributed by atoms with E-state index >= 15 is 0 Å². The van der Waals surface area contributed by atoms with Crippen LogP contribution in [0.2, 0.25) is 0 Å². The number of benzene rings is 1. The molecule has 4 rings (SSSR count). The van der Waals surface area contributed by atoms with Gasteiger partial charge in [-0.3, -0.25) is 0 Å². The molecule has 4 atom stereocenters. The van der Waals surface area contributed by atoms with E-state index < -0.39 is 17.2 Å². The Morgan fingerprint density at radius 1 is 0.781 bits per heavy atom. The largest absolute Gasteiger partial charge is 0.205 e. The summed E-state index contributed by atoms with van der Waals surface area (Å²) in [7, 11) is 0. The van der Waals surface area contributed by atoms with Gasteiger partial charge in [0.15, 0.2) is 0 Å². The van der Waals surface area contributed by atoms with E-state index in [9.17, 15) is 8.78 Å². The summed E-state index contributed by atoms with van der Waals surface area (Å²) in [6, 6.07) is 4.47. The Morgan fingerprint density at radius 3 is 2.03 bits per heavy atom. The summed E-state index contributed by atoms with van der Waals surface area (Å²) in [5.41, 5.74) is 0.315. The molecule has 0 radical (unpaired) electrons. The summed E-state index contributed by atoms with van der Waals surface area (Å²) < 4.78 is 28.2. The summed E-state index contributed by atoms with van der Waals surface area (Å²) in [4.78, 5) is 0. The van der Waals surface area contributed by atoms with Crippen LogP contribution >= 0.6 is 0 Å². The molecule has 0 aliphatic heterocycles. The third-order valence-electron chi connectivity index (χ3n) is 9.33. The number of rotatable bonds is 7. The van der Waals surface area contributed by atoms with Gasteiger partial charge in [0.05, 0.1) is 0 Å². The zero-order chi connectivity index (χ0) is 22.5. The molecule has 3 heteroatoms. The predicted molar refractivity (Wildman–Crippen MR) is 126 cm³/mol. The van der Waals surface area contributed by atoms with E-state index in [1.54, 1.807) is 6.07 Å². The zero-order valence-corrected chi connectivity index (χ0v) is 19.9. The average molecular weight is 442 g/mol. The van der Waals surface area contributed by atoms with Crippen LogP contribution in [0.5, 0.6) is 0 Å². The molecule has 0 aromatic heterocycles. The Bertz CT molecular complexity index is 766. The quantitative estimate of drug-likeness (QED) is 0.387. The number of halogens is 2. The van der Waals surface area contributed by atoms with Gasteiger partial charge in [-0.15, -0.1) is 0 Å². The van der Waals surface area contributed by atoms with Gasteiger partial charge in [-0.1, -0.05) is 51.9 Å². The SMILES string of the molecule is CCCCCCC1CCC(C2CCC3CC(c4cc(F)c(C#N)c(F)c4)CCC3C2)CC1. The summed E-state index contributed by atoms with van der Waals surface area (Å²) in [6.45, 7) is 2.29. The van der Waals surface area contributed by atoms with Gasteiger partial charge in [0.2, 0.25) is 0 Å². The second-order valence-corrected chi connectivity index (χ2v) is 11.2. The van der Waals surface area contributed by atoms with Gasteiger partial charge in [-0.25, -0.2) is 8.78 Å². The lowest BCUT2D eigenvalue weighted by molar-refractivity contribution is 0.0709. The highest BCUT2D eigenvalue weighted by molar-refractivity contribution is 5.36. The van der Waals surface area contributed by atoms with Crippen LogP contribution in [-0.4, -0.2) is 0 Å². The molecule has 0 saturated heterocycles. The Balaban J connectivity index is 1.25. The van der Waals surface area contributed by atoms with Crippen molar-refractivity contribution in [3.05, 3.63) is 34.9 Å². The molecule has 32 heavy (non-hydrogen) atoms. The van der Waals surface area contributed by atoms with Gasteiger partial charge in [0.1, 0.15) is 23.3 Å². The fourth-order valence-electron chi connectivity index (χ4n) is 7.40. The van der Waals surface area contributed by atoms with E-state index in [-0.39, 0.29) is 5.92 Å². The van der Waals surface area contributed by atoms with Crippen molar-refractivity contribution >= 4 is 0 Å². The number of hydrogen-bond donors (Lipinski definition) is 0. The molecule has 0 spiro atoms. The minimum atomic E-state index is -0.700. The molecular formula is C29H41F2N. The summed E-state index contributed by atoms with van der Waals surface area (Å²) in [6.07, 6.45) is 20.2. The fourth-order valence-corrected chi connectivity index (χ4v) is 7.40. The number of nitrogens with zero attached hydrogens (tertiary/aromatic N) is 1. The lowest BCUT2D eigenvalue weighted by Crippen LogP contribution is -2.34. The molecule has 3 fully saturated rings. The fraction of sp³-hybridized carbons (Fsp3) is 0.759. The molecule has 1 aromatic rings. The zero-order valence-electron chi connectivity index (χ0n) is 19.9. The third-order valence-corrected chi connectivity index (χ3v) is 9.33. The summed E-state index contributed by atoms with van der Waals surface area (Å²) in [5, 5.41) is 8.93. The number of nitriles is 1. The van der Waals surface area contributed by atoms with Gasteiger partial charge in [-0.2, -0.15) is 5.26 Å². The Morgan fingerprint density at radius 2 is 1.38 bits per heavy atom. The van der Waals surface area contributed by atoms with Crippen LogP contribution < -0.4 is 0 Å². The molecule has 3 aliphatic carbocycles. The molecule has 0 bridgehead atoms. The number of unbranched alkanes of at least 4 members (excludes halogenated alkanes) is 3. The van der Waals surface area contributed by atoms with Crippen molar-refractivity contribution in [1.82, 2.24) is 0 Å². The molecule has 1 nitrogen and oxygen atoms in total. The van der Waals surface area contributed by atoms with Crippen molar-refractivity contribution < 1.29 is 8.78 Å². The van der Waals surface area contributed by atoms with Crippen LogP contribution in [0.1, 0.15) is 120 Å². The maximum atomic E-state index is 14.1. The highest BCUT2D eigenvalue weighted by Gasteiger charge is 2.39. The van der Waals surface area contributed by atoms with Crippen LogP contribution in [0.15, 0.2) is 12.1 Å². The molecule has 1 aromatic carbocycles. The topological polar surface area (TPSA) is 23.8 Å². The normalized spacial score (nSPS) is 32.8.